The molecule has 0 aromatic carbocycles. The average molecular weight is 180 g/mol. The summed E-state index contributed by atoms with van der Waals surface area (Å²) in [5, 5.41) is 8.42. The summed E-state index contributed by atoms with van der Waals surface area (Å²) in [6, 6.07) is 0. The van der Waals surface area contributed by atoms with Gasteiger partial charge in [-0.05, 0) is 12.8 Å². The Balaban J connectivity index is 2.25. The molecule has 0 fully saturated rings. The van der Waals surface area contributed by atoms with Crippen LogP contribution in [0.1, 0.15) is 19.3 Å². The lowest BCUT2D eigenvalue weighted by Gasteiger charge is -2.02. The van der Waals surface area contributed by atoms with E-state index in [0.29, 0.717) is 6.42 Å². The van der Waals surface area contributed by atoms with Gasteiger partial charge in [0.1, 0.15) is 6.34 Å². The first kappa shape index (κ1) is 9.64. The van der Waals surface area contributed by atoms with Crippen molar-refractivity contribution in [2.75, 3.05) is 0 Å². The summed E-state index contributed by atoms with van der Waals surface area (Å²) in [5.41, 5.74) is 0. The summed E-state index contributed by atoms with van der Waals surface area (Å²) in [5.74, 6) is -0.521. The maximum atomic E-state index is 10.2. The molecule has 0 aromatic rings. The third-order valence-electron chi connectivity index (χ3n) is 1.76. The largest absolute Gasteiger partial charge is 0.481 e. The van der Waals surface area contributed by atoms with Crippen molar-refractivity contribution in [3.63, 3.8) is 0 Å². The van der Waals surface area contributed by atoms with E-state index < -0.39 is 5.97 Å². The first-order valence-corrected chi connectivity index (χ1v) is 4.22. The van der Waals surface area contributed by atoms with Gasteiger partial charge >= 0.3 is 5.97 Å². The lowest BCUT2D eigenvalue weighted by molar-refractivity contribution is -0.137. The zero-order chi connectivity index (χ0) is 9.52. The fourth-order valence-electron chi connectivity index (χ4n) is 1.10. The summed E-state index contributed by atoms with van der Waals surface area (Å²) < 4.78 is 0. The van der Waals surface area contributed by atoms with Crippen molar-refractivity contribution in [2.45, 2.75) is 19.3 Å². The van der Waals surface area contributed by atoms with Crippen molar-refractivity contribution >= 4 is 18.5 Å². The Morgan fingerprint density at radius 3 is 3.08 bits per heavy atom. The lowest BCUT2D eigenvalue weighted by Crippen LogP contribution is -2.00. The minimum Gasteiger partial charge on any atom is -0.481 e. The molecule has 1 rings (SSSR count). The first-order chi connectivity index (χ1) is 6.29. The highest BCUT2D eigenvalue weighted by molar-refractivity contribution is 5.76. The summed E-state index contributed by atoms with van der Waals surface area (Å²) in [7, 11) is 0. The third-order valence-corrected chi connectivity index (χ3v) is 1.76. The standard InChI is InChI=1S/C9H12N2O2/c12-9(13)3-1-2-8-4-5-10-7-11-6-8/h4-8H,1-3H2,(H,12,13). The smallest absolute Gasteiger partial charge is 0.303 e. The second kappa shape index (κ2) is 5.24. The molecule has 4 heteroatoms. The van der Waals surface area contributed by atoms with Crippen LogP contribution in [0, 0.1) is 5.92 Å². The second-order valence-corrected chi connectivity index (χ2v) is 2.85. The second-order valence-electron chi connectivity index (χ2n) is 2.85. The SMILES string of the molecule is O=C(O)CCCC1C=CN=CN=C1. The Labute approximate surface area is 76.7 Å². The molecule has 1 N–H and O–H groups in total. The van der Waals surface area contributed by atoms with E-state index >= 15 is 0 Å². The van der Waals surface area contributed by atoms with Gasteiger partial charge in [-0.2, -0.15) is 0 Å². The summed E-state index contributed by atoms with van der Waals surface area (Å²) in [6.07, 6.45) is 8.60. The summed E-state index contributed by atoms with van der Waals surface area (Å²) in [4.78, 5) is 18.0. The van der Waals surface area contributed by atoms with Crippen molar-refractivity contribution in [3.8, 4) is 0 Å². The van der Waals surface area contributed by atoms with E-state index in [2.05, 4.69) is 9.98 Å². The minimum atomic E-state index is -0.745. The number of aliphatic imine (C=N–C) groups is 2. The van der Waals surface area contributed by atoms with Gasteiger partial charge in [0.15, 0.2) is 0 Å². The molecule has 1 aliphatic heterocycles. The molecule has 0 bridgehead atoms. The van der Waals surface area contributed by atoms with Crippen LogP contribution in [-0.2, 0) is 4.79 Å². The molecular formula is C9H12N2O2. The molecule has 70 valence electrons. The third kappa shape index (κ3) is 4.20. The predicted octanol–water partition coefficient (Wildman–Crippen LogP) is 1.48. The molecule has 4 nitrogen and oxygen atoms in total. The normalized spacial score (nSPS) is 20.2. The number of aliphatic carboxylic acids is 1. The quantitative estimate of drug-likeness (QED) is 0.712. The maximum Gasteiger partial charge on any atom is 0.303 e. The van der Waals surface area contributed by atoms with Crippen LogP contribution in [0.2, 0.25) is 0 Å². The van der Waals surface area contributed by atoms with Gasteiger partial charge in [0.05, 0.1) is 0 Å². The van der Waals surface area contributed by atoms with Crippen molar-refractivity contribution in [3.05, 3.63) is 12.3 Å². The van der Waals surface area contributed by atoms with Crippen LogP contribution in [0.25, 0.3) is 0 Å². The number of carbonyl (C=O) groups is 1. The fourth-order valence-corrected chi connectivity index (χ4v) is 1.10. The van der Waals surface area contributed by atoms with E-state index in [0.717, 1.165) is 6.42 Å². The predicted molar refractivity (Wildman–Crippen MR) is 51.1 cm³/mol. The van der Waals surface area contributed by atoms with Crippen LogP contribution in [0.3, 0.4) is 0 Å². The monoisotopic (exact) mass is 180 g/mol. The molecule has 0 saturated heterocycles. The van der Waals surface area contributed by atoms with Crippen LogP contribution in [0.5, 0.6) is 0 Å². The molecule has 0 aromatic heterocycles. The van der Waals surface area contributed by atoms with Crippen LogP contribution < -0.4 is 0 Å². The number of carboxylic acids is 1. The van der Waals surface area contributed by atoms with Gasteiger partial charge in [0.2, 0.25) is 0 Å². The Hall–Kier alpha value is -1.45. The Morgan fingerprint density at radius 2 is 2.31 bits per heavy atom. The first-order valence-electron chi connectivity index (χ1n) is 4.22. The summed E-state index contributed by atoms with van der Waals surface area (Å²) >= 11 is 0. The molecular weight excluding hydrogens is 168 g/mol. The van der Waals surface area contributed by atoms with Gasteiger partial charge in [0, 0.05) is 24.8 Å². The fraction of sp³-hybridized carbons (Fsp3) is 0.444. The maximum absolute atomic E-state index is 10.2. The molecule has 0 saturated carbocycles. The highest BCUT2D eigenvalue weighted by Gasteiger charge is 2.04. The van der Waals surface area contributed by atoms with Gasteiger partial charge in [-0.3, -0.25) is 4.79 Å². The number of allylic oxidation sites excluding steroid dienone is 1. The molecule has 0 spiro atoms. The number of carboxylic acid groups (broad SMARTS) is 1. The molecule has 0 aliphatic carbocycles. The molecule has 0 radical (unpaired) electrons. The number of hydrogen-bond acceptors (Lipinski definition) is 3. The molecule has 1 aliphatic rings. The summed E-state index contributed by atoms with van der Waals surface area (Å²) in [6.45, 7) is 0. The van der Waals surface area contributed by atoms with E-state index in [1.807, 2.05) is 6.08 Å². The van der Waals surface area contributed by atoms with Gasteiger partial charge in [0.25, 0.3) is 0 Å². The van der Waals surface area contributed by atoms with E-state index in [4.69, 9.17) is 5.11 Å². The van der Waals surface area contributed by atoms with Gasteiger partial charge in [-0.15, -0.1) is 0 Å². The van der Waals surface area contributed by atoms with Crippen molar-refractivity contribution in [1.82, 2.24) is 0 Å². The molecule has 1 atom stereocenters. The molecule has 13 heavy (non-hydrogen) atoms. The van der Waals surface area contributed by atoms with Crippen LogP contribution >= 0.6 is 0 Å². The number of nitrogens with zero attached hydrogens (tertiary/aromatic N) is 2. The van der Waals surface area contributed by atoms with E-state index in [-0.39, 0.29) is 12.3 Å². The van der Waals surface area contributed by atoms with E-state index in [1.54, 1.807) is 12.4 Å². The zero-order valence-corrected chi connectivity index (χ0v) is 7.26. The highest BCUT2D eigenvalue weighted by atomic mass is 16.4. The van der Waals surface area contributed by atoms with E-state index in [1.165, 1.54) is 6.34 Å². The Bertz CT molecular complexity index is 240. The molecule has 1 unspecified atom stereocenters. The van der Waals surface area contributed by atoms with E-state index in [9.17, 15) is 4.79 Å². The highest BCUT2D eigenvalue weighted by Crippen LogP contribution is 2.09. The number of hydrogen-bond donors (Lipinski definition) is 1. The Kier molecular flexibility index (Phi) is 3.88. The minimum absolute atomic E-state index is 0.221. The van der Waals surface area contributed by atoms with Crippen molar-refractivity contribution in [1.29, 1.82) is 0 Å². The van der Waals surface area contributed by atoms with Crippen LogP contribution in [0.15, 0.2) is 22.3 Å². The van der Waals surface area contributed by atoms with Crippen LogP contribution in [-0.4, -0.2) is 23.6 Å². The van der Waals surface area contributed by atoms with Crippen LogP contribution in [0.4, 0.5) is 0 Å². The van der Waals surface area contributed by atoms with Gasteiger partial charge < -0.3 is 5.11 Å². The topological polar surface area (TPSA) is 62.0 Å². The number of rotatable bonds is 4. The molecule has 0 amide bonds. The van der Waals surface area contributed by atoms with Gasteiger partial charge in [-0.1, -0.05) is 6.08 Å². The lowest BCUT2D eigenvalue weighted by atomic mass is 10.0. The zero-order valence-electron chi connectivity index (χ0n) is 7.26. The Morgan fingerprint density at radius 1 is 1.46 bits per heavy atom. The van der Waals surface area contributed by atoms with Gasteiger partial charge in [-0.25, -0.2) is 9.98 Å². The van der Waals surface area contributed by atoms with Crippen molar-refractivity contribution in [2.24, 2.45) is 15.9 Å². The average Bonchev–Trinajstić information content (AvgIpc) is 2.32. The van der Waals surface area contributed by atoms with Crippen molar-refractivity contribution < 1.29 is 9.90 Å². The molecule has 1 heterocycles.